The molecule has 0 spiro atoms. The Bertz CT molecular complexity index is 990. The van der Waals surface area contributed by atoms with Crippen LogP contribution in [0, 0.1) is 5.41 Å². The first-order valence-electron chi connectivity index (χ1n) is 10.2. The van der Waals surface area contributed by atoms with Crippen molar-refractivity contribution in [2.24, 2.45) is 10.9 Å². The molecule has 10 heteroatoms. The number of amides is 2. The van der Waals surface area contributed by atoms with Crippen LogP contribution >= 0.6 is 0 Å². The highest BCUT2D eigenvalue weighted by atomic mass is 16.6. The highest BCUT2D eigenvalue weighted by Gasteiger charge is 2.13. The smallest absolute Gasteiger partial charge is 0.306 e. The van der Waals surface area contributed by atoms with Crippen LogP contribution in [0.1, 0.15) is 36.8 Å². The van der Waals surface area contributed by atoms with E-state index >= 15 is 0 Å². The van der Waals surface area contributed by atoms with Crippen molar-refractivity contribution in [3.05, 3.63) is 65.7 Å². The van der Waals surface area contributed by atoms with E-state index in [0.717, 1.165) is 5.56 Å². The molecular weight excluding hydrogens is 426 g/mol. The number of carbonyl (C=O) groups is 3. The molecule has 2 amide bonds. The second-order valence-corrected chi connectivity index (χ2v) is 6.95. The molecule has 174 valence electrons. The maximum absolute atomic E-state index is 12.2. The summed E-state index contributed by atoms with van der Waals surface area (Å²) in [6.07, 6.45) is -0.0217. The summed E-state index contributed by atoms with van der Waals surface area (Å²) in [6.45, 7) is 0.162. The number of esters is 1. The molecule has 0 radical (unpaired) electrons. The fraction of sp³-hybridized carbons (Fsp3) is 0.261. The Labute approximate surface area is 191 Å². The molecule has 0 unspecified atom stereocenters. The lowest BCUT2D eigenvalue weighted by molar-refractivity contribution is -0.144. The number of oxime groups is 1. The van der Waals surface area contributed by atoms with Gasteiger partial charge in [-0.25, -0.2) is 0 Å². The van der Waals surface area contributed by atoms with Gasteiger partial charge in [-0.3, -0.25) is 19.8 Å². The van der Waals surface area contributed by atoms with Crippen molar-refractivity contribution in [1.82, 2.24) is 5.32 Å². The number of carbonyl (C=O) groups excluding carboxylic acids is 3. The Kier molecular flexibility index (Phi) is 10.1. The van der Waals surface area contributed by atoms with E-state index < -0.39 is 11.9 Å². The monoisotopic (exact) mass is 453 g/mol. The number of rotatable bonds is 11. The second-order valence-electron chi connectivity index (χ2n) is 6.95. The zero-order valence-electron chi connectivity index (χ0n) is 18.3. The topological polar surface area (TPSA) is 156 Å². The minimum atomic E-state index is -0.439. The number of nitrogen functional groups attached to an aromatic ring is 1. The Morgan fingerprint density at radius 3 is 2.24 bits per heavy atom. The Hall–Kier alpha value is -4.21. The summed E-state index contributed by atoms with van der Waals surface area (Å²) >= 11 is 0. The molecule has 0 saturated heterocycles. The lowest BCUT2D eigenvalue weighted by Crippen LogP contribution is -2.32. The summed E-state index contributed by atoms with van der Waals surface area (Å²) in [5.41, 5.74) is 7.34. The van der Waals surface area contributed by atoms with E-state index in [-0.39, 0.29) is 49.9 Å². The lowest BCUT2D eigenvalue weighted by Gasteiger charge is -2.09. The molecule has 0 saturated carbocycles. The summed E-state index contributed by atoms with van der Waals surface area (Å²) < 4.78 is 5.20. The fourth-order valence-electron chi connectivity index (χ4n) is 2.68. The lowest BCUT2D eigenvalue weighted by atomic mass is 10.2. The van der Waals surface area contributed by atoms with E-state index in [9.17, 15) is 14.4 Å². The van der Waals surface area contributed by atoms with Crippen molar-refractivity contribution in [3.8, 4) is 0 Å². The van der Waals surface area contributed by atoms with Crippen molar-refractivity contribution in [2.45, 2.75) is 32.3 Å². The first kappa shape index (κ1) is 25.1. The van der Waals surface area contributed by atoms with Crippen molar-refractivity contribution in [2.75, 3.05) is 12.4 Å². The number of nitrogens with two attached hydrogens (primary N) is 1. The molecular formula is C23H27N5O5. The number of benzene rings is 2. The molecule has 0 aromatic heterocycles. The fourth-order valence-corrected chi connectivity index (χ4v) is 2.68. The van der Waals surface area contributed by atoms with Crippen molar-refractivity contribution in [1.29, 1.82) is 5.41 Å². The van der Waals surface area contributed by atoms with Crippen LogP contribution in [-0.2, 0) is 30.6 Å². The van der Waals surface area contributed by atoms with Gasteiger partial charge < -0.3 is 25.9 Å². The van der Waals surface area contributed by atoms with Gasteiger partial charge in [0.15, 0.2) is 0 Å². The largest absolute Gasteiger partial charge is 0.461 e. The first-order valence-corrected chi connectivity index (χ1v) is 10.2. The second kappa shape index (κ2) is 13.3. The van der Waals surface area contributed by atoms with Gasteiger partial charge in [-0.05, 0) is 29.8 Å². The van der Waals surface area contributed by atoms with E-state index in [2.05, 4.69) is 15.8 Å². The van der Waals surface area contributed by atoms with Gasteiger partial charge in [-0.1, -0.05) is 35.5 Å². The Morgan fingerprint density at radius 2 is 1.61 bits per heavy atom. The van der Waals surface area contributed by atoms with Gasteiger partial charge in [0, 0.05) is 30.5 Å². The molecule has 0 fully saturated rings. The zero-order chi connectivity index (χ0) is 24.1. The molecule has 2 rings (SSSR count). The number of nitrogens with zero attached hydrogens (tertiary/aromatic N) is 1. The van der Waals surface area contributed by atoms with Gasteiger partial charge in [0.2, 0.25) is 11.8 Å². The van der Waals surface area contributed by atoms with Gasteiger partial charge in [0.05, 0.1) is 6.42 Å². The molecule has 10 nitrogen and oxygen atoms in total. The third-order valence-electron chi connectivity index (χ3n) is 4.35. The quantitative estimate of drug-likeness (QED) is 0.177. The summed E-state index contributed by atoms with van der Waals surface area (Å²) in [5, 5.41) is 16.3. The minimum Gasteiger partial charge on any atom is -0.461 e. The Balaban J connectivity index is 1.72. The van der Waals surface area contributed by atoms with Crippen LogP contribution in [0.3, 0.4) is 0 Å². The number of ether oxygens (including phenoxy) is 1. The van der Waals surface area contributed by atoms with E-state index in [0.29, 0.717) is 11.3 Å². The van der Waals surface area contributed by atoms with Crippen LogP contribution in [0.4, 0.5) is 5.69 Å². The molecule has 33 heavy (non-hydrogen) atoms. The summed E-state index contributed by atoms with van der Waals surface area (Å²) in [7, 11) is 1.32. The van der Waals surface area contributed by atoms with Crippen LogP contribution < -0.4 is 16.4 Å². The van der Waals surface area contributed by atoms with Gasteiger partial charge in [0.25, 0.3) is 0 Å². The standard InChI is InChI=1S/C23H27N5O5/c1-32-28-19(11-14-22(31)33-15-16-5-3-2-4-6-16)27-21(30)13-12-20(29)26-18-9-7-17(8-10-18)23(24)25/h2-10H,11-15H2,1H3,(H3,24,25)(H,26,29)(H,27,28,30). The van der Waals surface area contributed by atoms with E-state index in [4.69, 9.17) is 20.7 Å². The van der Waals surface area contributed by atoms with Crippen molar-refractivity contribution in [3.63, 3.8) is 0 Å². The van der Waals surface area contributed by atoms with Gasteiger partial charge in [0.1, 0.15) is 25.4 Å². The SMILES string of the molecule is CON=C(CCC(=O)OCc1ccccc1)NC(=O)CCC(=O)Nc1ccc(C(=N)N)cc1. The average molecular weight is 453 g/mol. The molecule has 2 aromatic rings. The third kappa shape index (κ3) is 9.64. The summed E-state index contributed by atoms with van der Waals surface area (Å²) in [4.78, 5) is 40.9. The van der Waals surface area contributed by atoms with Gasteiger partial charge in [-0.15, -0.1) is 0 Å². The van der Waals surface area contributed by atoms with Gasteiger partial charge >= 0.3 is 5.97 Å². The number of hydrogen-bond acceptors (Lipinski definition) is 7. The van der Waals surface area contributed by atoms with Crippen LogP contribution in [0.2, 0.25) is 0 Å². The highest BCUT2D eigenvalue weighted by Crippen LogP contribution is 2.10. The Morgan fingerprint density at radius 1 is 0.939 bits per heavy atom. The van der Waals surface area contributed by atoms with Crippen LogP contribution in [-0.4, -0.2) is 36.6 Å². The summed E-state index contributed by atoms with van der Waals surface area (Å²) in [6, 6.07) is 15.7. The molecule has 0 bridgehead atoms. The predicted molar refractivity (Wildman–Crippen MR) is 123 cm³/mol. The van der Waals surface area contributed by atoms with E-state index in [1.54, 1.807) is 24.3 Å². The molecule has 2 aromatic carbocycles. The maximum Gasteiger partial charge on any atom is 0.306 e. The average Bonchev–Trinajstić information content (AvgIpc) is 2.81. The van der Waals surface area contributed by atoms with Crippen LogP contribution in [0.15, 0.2) is 59.8 Å². The number of anilines is 1. The predicted octanol–water partition coefficient (Wildman–Crippen LogP) is 2.29. The normalized spacial score (nSPS) is 10.8. The number of nitrogens with one attached hydrogen (secondary N) is 3. The molecule has 0 atom stereocenters. The minimum absolute atomic E-state index is 0.00600. The van der Waals surface area contributed by atoms with Crippen LogP contribution in [0.5, 0.6) is 0 Å². The van der Waals surface area contributed by atoms with E-state index in [1.165, 1.54) is 7.11 Å². The molecule has 5 N–H and O–H groups in total. The summed E-state index contributed by atoms with van der Waals surface area (Å²) in [5.74, 6) is -1.13. The highest BCUT2D eigenvalue weighted by molar-refractivity contribution is 6.01. The zero-order valence-corrected chi connectivity index (χ0v) is 18.3. The van der Waals surface area contributed by atoms with Gasteiger partial charge in [-0.2, -0.15) is 0 Å². The van der Waals surface area contributed by atoms with E-state index in [1.807, 2.05) is 30.3 Å². The number of hydrogen-bond donors (Lipinski definition) is 4. The first-order chi connectivity index (χ1) is 15.9. The molecule has 0 aliphatic heterocycles. The van der Waals surface area contributed by atoms with Crippen LogP contribution in [0.25, 0.3) is 0 Å². The molecule has 0 aliphatic carbocycles. The third-order valence-corrected chi connectivity index (χ3v) is 4.35. The van der Waals surface area contributed by atoms with Crippen molar-refractivity contribution >= 4 is 35.1 Å². The molecule has 0 heterocycles. The molecule has 0 aliphatic rings. The van der Waals surface area contributed by atoms with Crippen molar-refractivity contribution < 1.29 is 24.0 Å². The maximum atomic E-state index is 12.2. The number of amidine groups is 2.